The fraction of sp³-hybridized carbons (Fsp3) is 0.320. The molecule has 4 aromatic rings. The summed E-state index contributed by atoms with van der Waals surface area (Å²) in [6.45, 7) is 8.15. The van der Waals surface area contributed by atoms with Crippen LogP contribution in [0.15, 0.2) is 42.7 Å². The molecule has 7 nitrogen and oxygen atoms in total. The zero-order valence-corrected chi connectivity index (χ0v) is 20.4. The lowest BCUT2D eigenvalue weighted by molar-refractivity contribution is 0.120. The highest BCUT2D eigenvalue weighted by atomic mass is 35.5. The number of hydrogen-bond acceptors (Lipinski definition) is 6. The van der Waals surface area contributed by atoms with E-state index in [0.717, 1.165) is 65.4 Å². The second-order valence-corrected chi connectivity index (χ2v) is 10.1. The van der Waals surface area contributed by atoms with E-state index in [1.165, 1.54) is 0 Å². The van der Waals surface area contributed by atoms with E-state index < -0.39 is 0 Å². The Labute approximate surface area is 207 Å². The number of H-pyrrole nitrogens is 1. The average Bonchev–Trinajstić information content (AvgIpc) is 3.18. The van der Waals surface area contributed by atoms with Crippen LogP contribution in [0, 0.1) is 12.3 Å². The number of rotatable bonds is 5. The molecule has 1 spiro atoms. The summed E-state index contributed by atoms with van der Waals surface area (Å²) in [6.07, 6.45) is 3.15. The zero-order valence-electron chi connectivity index (χ0n) is 18.9. The third kappa shape index (κ3) is 3.59. The topological polar surface area (TPSA) is 79.0 Å². The van der Waals surface area contributed by atoms with Crippen molar-refractivity contribution < 1.29 is 4.74 Å². The van der Waals surface area contributed by atoms with Gasteiger partial charge in [-0.25, -0.2) is 4.98 Å². The summed E-state index contributed by atoms with van der Waals surface area (Å²) in [5.41, 5.74) is 4.64. The van der Waals surface area contributed by atoms with Crippen LogP contribution in [0.25, 0.3) is 22.2 Å². The molecule has 6 rings (SSSR count). The maximum atomic E-state index is 6.46. The lowest BCUT2D eigenvalue weighted by Crippen LogP contribution is -2.71. The number of halogens is 2. The van der Waals surface area contributed by atoms with Gasteiger partial charge >= 0.3 is 0 Å². The summed E-state index contributed by atoms with van der Waals surface area (Å²) in [7, 11) is 0. The van der Waals surface area contributed by atoms with E-state index in [9.17, 15) is 0 Å². The van der Waals surface area contributed by atoms with Crippen LogP contribution in [0.5, 0.6) is 5.75 Å². The van der Waals surface area contributed by atoms with Crippen molar-refractivity contribution in [1.29, 1.82) is 0 Å². The first-order valence-corrected chi connectivity index (χ1v) is 12.1. The van der Waals surface area contributed by atoms with Crippen molar-refractivity contribution in [2.75, 3.05) is 31.1 Å². The van der Waals surface area contributed by atoms with Crippen LogP contribution in [0.3, 0.4) is 0 Å². The highest BCUT2D eigenvalue weighted by molar-refractivity contribution is 6.36. The van der Waals surface area contributed by atoms with Crippen LogP contribution in [0.4, 0.5) is 5.82 Å². The molecular formula is C25H24Cl2N6O. The molecule has 0 saturated carbocycles. The van der Waals surface area contributed by atoms with Crippen LogP contribution in [0.1, 0.15) is 24.3 Å². The van der Waals surface area contributed by atoms with E-state index in [1.54, 1.807) is 6.20 Å². The molecule has 3 aromatic heterocycles. The number of aryl methyl sites for hydroxylation is 1. The Morgan fingerprint density at radius 2 is 1.91 bits per heavy atom. The van der Waals surface area contributed by atoms with Crippen molar-refractivity contribution in [2.24, 2.45) is 5.41 Å². The molecule has 1 atom stereocenters. The van der Waals surface area contributed by atoms with E-state index in [0.29, 0.717) is 21.2 Å². The normalized spacial score (nSPS) is 17.5. The summed E-state index contributed by atoms with van der Waals surface area (Å²) >= 11 is 12.8. The Bertz CT molecular complexity index is 1370. The van der Waals surface area contributed by atoms with E-state index >= 15 is 0 Å². The molecule has 0 radical (unpaired) electrons. The predicted molar refractivity (Wildman–Crippen MR) is 135 cm³/mol. The molecular weight excluding hydrogens is 471 g/mol. The quantitative estimate of drug-likeness (QED) is 0.397. The molecule has 5 heterocycles. The van der Waals surface area contributed by atoms with Gasteiger partial charge in [0.25, 0.3) is 0 Å². The Hall–Kier alpha value is -2.87. The van der Waals surface area contributed by atoms with E-state index in [1.807, 2.05) is 38.2 Å². The fourth-order valence-corrected chi connectivity index (χ4v) is 5.49. The largest absolute Gasteiger partial charge is 0.486 e. The smallest absolute Gasteiger partial charge is 0.128 e. The summed E-state index contributed by atoms with van der Waals surface area (Å²) in [6, 6.07) is 10.0. The minimum atomic E-state index is -0.346. The minimum absolute atomic E-state index is 0.346. The molecule has 1 aromatic carbocycles. The van der Waals surface area contributed by atoms with Gasteiger partial charge in [0, 0.05) is 60.5 Å². The minimum Gasteiger partial charge on any atom is -0.486 e. The Morgan fingerprint density at radius 1 is 1.09 bits per heavy atom. The van der Waals surface area contributed by atoms with Crippen molar-refractivity contribution in [2.45, 2.75) is 20.0 Å². The average molecular weight is 495 g/mol. The summed E-state index contributed by atoms with van der Waals surface area (Å²) in [4.78, 5) is 11.2. The van der Waals surface area contributed by atoms with E-state index in [4.69, 9.17) is 32.9 Å². The number of nitrogens with zero attached hydrogens (tertiary/aromatic N) is 4. The van der Waals surface area contributed by atoms with Gasteiger partial charge in [-0.3, -0.25) is 10.1 Å². The standard InChI is InChI=1S/C25H24Cl2N6O/c1-14-23(27)22(19(26)9-29-14)15(2)34-17-4-5-20-18(7-17)24(32-31-20)16-3-6-21(30-8-16)33-12-25(13-33)10-28-11-25/h3-9,15,28H,10-13H2,1-2H3,(H,31,32). The van der Waals surface area contributed by atoms with Crippen LogP contribution in [0.2, 0.25) is 10.0 Å². The molecule has 2 fully saturated rings. The first-order chi connectivity index (χ1) is 16.4. The molecule has 34 heavy (non-hydrogen) atoms. The number of fused-ring (bicyclic) bond motifs is 1. The zero-order chi connectivity index (χ0) is 23.4. The molecule has 0 bridgehead atoms. The summed E-state index contributed by atoms with van der Waals surface area (Å²) in [5, 5.41) is 13.0. The van der Waals surface area contributed by atoms with Crippen molar-refractivity contribution >= 4 is 39.9 Å². The van der Waals surface area contributed by atoms with Crippen LogP contribution in [-0.2, 0) is 0 Å². The molecule has 2 saturated heterocycles. The van der Waals surface area contributed by atoms with Gasteiger partial charge in [-0.2, -0.15) is 5.10 Å². The number of anilines is 1. The first-order valence-electron chi connectivity index (χ1n) is 11.3. The Balaban J connectivity index is 1.24. The van der Waals surface area contributed by atoms with Crippen molar-refractivity contribution in [3.8, 4) is 17.0 Å². The van der Waals surface area contributed by atoms with Crippen LogP contribution >= 0.6 is 23.2 Å². The van der Waals surface area contributed by atoms with Gasteiger partial charge in [0.1, 0.15) is 23.4 Å². The first kappa shape index (κ1) is 21.6. The van der Waals surface area contributed by atoms with Gasteiger partial charge in [0.2, 0.25) is 0 Å². The monoisotopic (exact) mass is 494 g/mol. The third-order valence-corrected chi connectivity index (χ3v) is 7.61. The van der Waals surface area contributed by atoms with Gasteiger partial charge in [-0.15, -0.1) is 0 Å². The van der Waals surface area contributed by atoms with Gasteiger partial charge < -0.3 is 15.0 Å². The predicted octanol–water partition coefficient (Wildman–Crippen LogP) is 5.18. The number of aromatic amines is 1. The molecule has 174 valence electrons. The molecule has 2 N–H and O–H groups in total. The number of aromatic nitrogens is 4. The van der Waals surface area contributed by atoms with Crippen molar-refractivity contribution in [1.82, 2.24) is 25.5 Å². The lowest BCUT2D eigenvalue weighted by Gasteiger charge is -2.56. The highest BCUT2D eigenvalue weighted by Crippen LogP contribution is 2.38. The molecule has 1 unspecified atom stereocenters. The maximum Gasteiger partial charge on any atom is 0.128 e. The number of nitrogens with one attached hydrogen (secondary N) is 2. The van der Waals surface area contributed by atoms with Gasteiger partial charge in [-0.05, 0) is 44.2 Å². The second kappa shape index (κ2) is 8.12. The maximum absolute atomic E-state index is 6.46. The fourth-order valence-electron chi connectivity index (χ4n) is 4.84. The molecule has 2 aliphatic rings. The molecule has 0 aliphatic carbocycles. The molecule has 9 heteroatoms. The SMILES string of the molecule is Cc1ncc(Cl)c(C(C)Oc2ccc3[nH]nc(-c4ccc(N5CC6(CNC6)C5)nc4)c3c2)c1Cl. The van der Waals surface area contributed by atoms with Gasteiger partial charge in [0.15, 0.2) is 0 Å². The van der Waals surface area contributed by atoms with Crippen LogP contribution < -0.4 is 15.0 Å². The molecule has 0 amide bonds. The summed E-state index contributed by atoms with van der Waals surface area (Å²) < 4.78 is 6.23. The second-order valence-electron chi connectivity index (χ2n) is 9.32. The van der Waals surface area contributed by atoms with Crippen LogP contribution in [-0.4, -0.2) is 46.3 Å². The van der Waals surface area contributed by atoms with Crippen molar-refractivity contribution in [3.05, 3.63) is 64.0 Å². The third-order valence-electron chi connectivity index (χ3n) is 6.83. The van der Waals surface area contributed by atoms with Crippen molar-refractivity contribution in [3.63, 3.8) is 0 Å². The van der Waals surface area contributed by atoms with E-state index in [-0.39, 0.29) is 6.10 Å². The van der Waals surface area contributed by atoms with Gasteiger partial charge in [-0.1, -0.05) is 23.2 Å². The number of pyridine rings is 2. The van der Waals surface area contributed by atoms with Gasteiger partial charge in [0.05, 0.1) is 21.3 Å². The Morgan fingerprint density at radius 3 is 2.62 bits per heavy atom. The highest BCUT2D eigenvalue weighted by Gasteiger charge is 2.47. The number of ether oxygens (including phenoxy) is 1. The lowest BCUT2D eigenvalue weighted by atomic mass is 9.74. The number of hydrogen-bond donors (Lipinski definition) is 2. The van der Waals surface area contributed by atoms with E-state index in [2.05, 4.69) is 37.5 Å². The summed E-state index contributed by atoms with van der Waals surface area (Å²) in [5.74, 6) is 1.72. The number of benzene rings is 1. The molecule has 2 aliphatic heterocycles. The Kier molecular flexibility index (Phi) is 5.17.